The molecule has 1 atom stereocenters. The Bertz CT molecular complexity index is 818. The summed E-state index contributed by atoms with van der Waals surface area (Å²) in [7, 11) is 1.61. The van der Waals surface area contributed by atoms with Gasteiger partial charge >= 0.3 is 0 Å². The molecule has 1 aliphatic rings. The monoisotopic (exact) mass is 383 g/mol. The average molecular weight is 383 g/mol. The van der Waals surface area contributed by atoms with Crippen molar-refractivity contribution in [3.8, 4) is 17.2 Å². The van der Waals surface area contributed by atoms with Gasteiger partial charge in [0.25, 0.3) is 5.91 Å². The van der Waals surface area contributed by atoms with Gasteiger partial charge in [-0.25, -0.2) is 0 Å². The maximum absolute atomic E-state index is 12.5. The molecule has 0 aromatic heterocycles. The number of nitrogens with one attached hydrogen (secondary N) is 1. The Labute approximate surface area is 167 Å². The number of rotatable bonds is 8. The van der Waals surface area contributed by atoms with Crippen LogP contribution in [-0.4, -0.2) is 25.7 Å². The first kappa shape index (κ1) is 20.1. The van der Waals surface area contributed by atoms with Gasteiger partial charge < -0.3 is 19.5 Å². The Balaban J connectivity index is 1.60. The SMILES string of the molecule is CCOc1cc(CNC(=O)[C@@H](C)Oc2cccc3c2CCCC3)ccc1OC. The predicted octanol–water partition coefficient (Wildman–Crippen LogP) is 4.06. The number of benzene rings is 2. The van der Waals surface area contributed by atoms with E-state index in [0.29, 0.717) is 24.7 Å². The van der Waals surface area contributed by atoms with Crippen LogP contribution in [-0.2, 0) is 24.2 Å². The number of hydrogen-bond donors (Lipinski definition) is 1. The predicted molar refractivity (Wildman–Crippen MR) is 109 cm³/mol. The third-order valence-electron chi connectivity index (χ3n) is 5.02. The van der Waals surface area contributed by atoms with Crippen molar-refractivity contribution in [3.63, 3.8) is 0 Å². The minimum Gasteiger partial charge on any atom is -0.493 e. The van der Waals surface area contributed by atoms with E-state index in [2.05, 4.69) is 11.4 Å². The fraction of sp³-hybridized carbons (Fsp3) is 0.435. The fourth-order valence-corrected chi connectivity index (χ4v) is 3.53. The van der Waals surface area contributed by atoms with Crippen LogP contribution in [0.25, 0.3) is 0 Å². The molecule has 150 valence electrons. The average Bonchev–Trinajstić information content (AvgIpc) is 2.72. The molecule has 2 aromatic carbocycles. The second kappa shape index (κ2) is 9.49. The van der Waals surface area contributed by atoms with Crippen molar-refractivity contribution in [2.75, 3.05) is 13.7 Å². The summed E-state index contributed by atoms with van der Waals surface area (Å²) in [6, 6.07) is 11.8. The van der Waals surface area contributed by atoms with Crippen LogP contribution in [0.1, 0.15) is 43.4 Å². The smallest absolute Gasteiger partial charge is 0.261 e. The van der Waals surface area contributed by atoms with Crippen LogP contribution >= 0.6 is 0 Å². The molecule has 0 fully saturated rings. The van der Waals surface area contributed by atoms with Gasteiger partial charge in [0.05, 0.1) is 13.7 Å². The van der Waals surface area contributed by atoms with Gasteiger partial charge in [-0.05, 0) is 74.4 Å². The van der Waals surface area contributed by atoms with Crippen molar-refractivity contribution in [2.24, 2.45) is 0 Å². The van der Waals surface area contributed by atoms with Gasteiger partial charge in [0, 0.05) is 6.54 Å². The van der Waals surface area contributed by atoms with Gasteiger partial charge in [0.1, 0.15) is 5.75 Å². The first-order valence-corrected chi connectivity index (χ1v) is 9.97. The zero-order chi connectivity index (χ0) is 19.9. The van der Waals surface area contributed by atoms with Crippen molar-refractivity contribution in [1.29, 1.82) is 0 Å². The van der Waals surface area contributed by atoms with Gasteiger partial charge in [-0.3, -0.25) is 4.79 Å². The lowest BCUT2D eigenvalue weighted by Crippen LogP contribution is -2.36. The summed E-state index contributed by atoms with van der Waals surface area (Å²) >= 11 is 0. The Hall–Kier alpha value is -2.69. The summed E-state index contributed by atoms with van der Waals surface area (Å²) in [6.45, 7) is 4.67. The lowest BCUT2D eigenvalue weighted by molar-refractivity contribution is -0.127. The fourth-order valence-electron chi connectivity index (χ4n) is 3.53. The van der Waals surface area contributed by atoms with Crippen molar-refractivity contribution in [2.45, 2.75) is 52.2 Å². The molecule has 0 bridgehead atoms. The summed E-state index contributed by atoms with van der Waals surface area (Å²) in [4.78, 5) is 12.5. The van der Waals surface area contributed by atoms with E-state index < -0.39 is 6.10 Å². The number of carbonyl (C=O) groups excluding carboxylic acids is 1. The minimum absolute atomic E-state index is 0.137. The van der Waals surface area contributed by atoms with Crippen LogP contribution in [0.2, 0.25) is 0 Å². The van der Waals surface area contributed by atoms with Gasteiger partial charge in [-0.15, -0.1) is 0 Å². The summed E-state index contributed by atoms with van der Waals surface area (Å²) in [5.41, 5.74) is 3.55. The molecule has 3 rings (SSSR count). The highest BCUT2D eigenvalue weighted by Gasteiger charge is 2.19. The topological polar surface area (TPSA) is 56.8 Å². The van der Waals surface area contributed by atoms with E-state index in [0.717, 1.165) is 24.2 Å². The normalized spacial score (nSPS) is 14.0. The highest BCUT2D eigenvalue weighted by molar-refractivity contribution is 5.80. The molecule has 0 unspecified atom stereocenters. The van der Waals surface area contributed by atoms with Crippen molar-refractivity contribution in [1.82, 2.24) is 5.32 Å². The molecular weight excluding hydrogens is 354 g/mol. The van der Waals surface area contributed by atoms with E-state index in [4.69, 9.17) is 14.2 Å². The van der Waals surface area contributed by atoms with Gasteiger partial charge in [-0.2, -0.15) is 0 Å². The van der Waals surface area contributed by atoms with E-state index in [1.54, 1.807) is 14.0 Å². The molecule has 0 heterocycles. The molecule has 2 aromatic rings. The molecule has 0 saturated carbocycles. The molecule has 28 heavy (non-hydrogen) atoms. The van der Waals surface area contributed by atoms with Gasteiger partial charge in [0.15, 0.2) is 17.6 Å². The molecule has 0 spiro atoms. The van der Waals surface area contributed by atoms with E-state index in [-0.39, 0.29) is 5.91 Å². The highest BCUT2D eigenvalue weighted by atomic mass is 16.5. The first-order chi connectivity index (χ1) is 13.6. The van der Waals surface area contributed by atoms with Crippen LogP contribution in [0.15, 0.2) is 36.4 Å². The molecule has 5 nitrogen and oxygen atoms in total. The molecule has 1 N–H and O–H groups in total. The van der Waals surface area contributed by atoms with E-state index in [9.17, 15) is 4.79 Å². The number of methoxy groups -OCH3 is 1. The van der Waals surface area contributed by atoms with Crippen molar-refractivity contribution < 1.29 is 19.0 Å². The molecule has 1 aliphatic carbocycles. The first-order valence-electron chi connectivity index (χ1n) is 9.97. The van der Waals surface area contributed by atoms with Crippen LogP contribution in [0.4, 0.5) is 0 Å². The summed E-state index contributed by atoms with van der Waals surface area (Å²) in [5, 5.41) is 2.95. The number of amides is 1. The Morgan fingerprint density at radius 1 is 1.11 bits per heavy atom. The lowest BCUT2D eigenvalue weighted by atomic mass is 9.91. The Morgan fingerprint density at radius 2 is 1.93 bits per heavy atom. The third-order valence-corrected chi connectivity index (χ3v) is 5.02. The number of fused-ring (bicyclic) bond motifs is 1. The van der Waals surface area contributed by atoms with Crippen molar-refractivity contribution >= 4 is 5.91 Å². The zero-order valence-corrected chi connectivity index (χ0v) is 16.9. The van der Waals surface area contributed by atoms with E-state index in [1.807, 2.05) is 37.3 Å². The molecule has 0 saturated heterocycles. The standard InChI is InChI=1S/C23H29NO4/c1-4-27-22-14-17(12-13-21(22)26-3)15-24-23(25)16(2)28-20-11-7-9-18-8-5-6-10-19(18)20/h7,9,11-14,16H,4-6,8,10,15H2,1-3H3,(H,24,25)/t16-/m1/s1. The quantitative estimate of drug-likeness (QED) is 0.747. The second-order valence-corrected chi connectivity index (χ2v) is 7.00. The molecule has 0 aliphatic heterocycles. The molecular formula is C23H29NO4. The number of hydrogen-bond acceptors (Lipinski definition) is 4. The number of aryl methyl sites for hydroxylation is 1. The maximum atomic E-state index is 12.5. The number of ether oxygens (including phenoxy) is 3. The highest BCUT2D eigenvalue weighted by Crippen LogP contribution is 2.30. The second-order valence-electron chi connectivity index (χ2n) is 7.00. The zero-order valence-electron chi connectivity index (χ0n) is 16.9. The molecule has 1 amide bonds. The molecule has 0 radical (unpaired) electrons. The van der Waals surface area contributed by atoms with Gasteiger partial charge in [-0.1, -0.05) is 18.2 Å². The summed E-state index contributed by atoms with van der Waals surface area (Å²) < 4.78 is 16.9. The van der Waals surface area contributed by atoms with Crippen molar-refractivity contribution in [3.05, 3.63) is 53.1 Å². The minimum atomic E-state index is -0.557. The van der Waals surface area contributed by atoms with Crippen LogP contribution in [0.5, 0.6) is 17.2 Å². The lowest BCUT2D eigenvalue weighted by Gasteiger charge is -2.22. The third kappa shape index (κ3) is 4.77. The summed E-state index contributed by atoms with van der Waals surface area (Å²) in [6.07, 6.45) is 3.95. The van der Waals surface area contributed by atoms with Gasteiger partial charge in [0.2, 0.25) is 0 Å². The summed E-state index contributed by atoms with van der Waals surface area (Å²) in [5.74, 6) is 2.06. The van der Waals surface area contributed by atoms with E-state index in [1.165, 1.54) is 24.0 Å². The van der Waals surface area contributed by atoms with E-state index >= 15 is 0 Å². The largest absolute Gasteiger partial charge is 0.493 e. The Kier molecular flexibility index (Phi) is 6.80. The molecule has 5 heteroatoms. The van der Waals surface area contributed by atoms with Crippen LogP contribution < -0.4 is 19.5 Å². The van der Waals surface area contributed by atoms with Crippen LogP contribution in [0, 0.1) is 0 Å². The Morgan fingerprint density at radius 3 is 2.71 bits per heavy atom. The number of carbonyl (C=O) groups is 1. The van der Waals surface area contributed by atoms with Crippen LogP contribution in [0.3, 0.4) is 0 Å². The maximum Gasteiger partial charge on any atom is 0.261 e.